The highest BCUT2D eigenvalue weighted by Gasteiger charge is 2.59. The van der Waals surface area contributed by atoms with E-state index in [1.54, 1.807) is 0 Å². The third-order valence-corrected chi connectivity index (χ3v) is 6.34. The quantitative estimate of drug-likeness (QED) is 0.174. The summed E-state index contributed by atoms with van der Waals surface area (Å²) in [5.74, 6) is -7.94. The molecule has 0 spiro atoms. The molecule has 0 aromatic rings. The fourth-order valence-electron chi connectivity index (χ4n) is 5.47. The molecule has 4 bridgehead atoms. The number of alkyl halides is 4. The van der Waals surface area contributed by atoms with E-state index in [4.69, 9.17) is 0 Å². The van der Waals surface area contributed by atoms with Gasteiger partial charge in [0, 0.05) is 5.57 Å². The zero-order chi connectivity index (χ0) is 23.0. The molecule has 4 fully saturated rings. The zero-order valence-corrected chi connectivity index (χ0v) is 17.3. The standard InChI is InChI=1S/C21H26F4O6/c1-12(2)16(26)29-3-4-30-18(28)20(22,23)11-21(24,25)31-17(27)19-8-13-5-14(9-19)7-15(6-13)10-19/h13-15H,1,3-11H2,2H3. The van der Waals surface area contributed by atoms with Gasteiger partial charge in [-0.1, -0.05) is 6.58 Å². The number of ether oxygens (including phenoxy) is 3. The molecule has 0 aliphatic heterocycles. The molecule has 0 atom stereocenters. The molecule has 4 aliphatic rings. The van der Waals surface area contributed by atoms with E-state index in [-0.39, 0.29) is 23.3 Å². The molecule has 0 saturated heterocycles. The Kier molecular flexibility index (Phi) is 6.40. The van der Waals surface area contributed by atoms with Gasteiger partial charge in [-0.15, -0.1) is 0 Å². The highest BCUT2D eigenvalue weighted by atomic mass is 19.3. The summed E-state index contributed by atoms with van der Waals surface area (Å²) in [5, 5.41) is 0. The van der Waals surface area contributed by atoms with Gasteiger partial charge in [0.15, 0.2) is 0 Å². The average Bonchev–Trinajstić information content (AvgIpc) is 2.62. The lowest BCUT2D eigenvalue weighted by atomic mass is 9.49. The summed E-state index contributed by atoms with van der Waals surface area (Å²) in [7, 11) is 0. The fraction of sp³-hybridized carbons (Fsp3) is 0.762. The lowest BCUT2D eigenvalue weighted by Gasteiger charge is -2.55. The van der Waals surface area contributed by atoms with E-state index in [2.05, 4.69) is 20.8 Å². The Labute approximate surface area is 177 Å². The van der Waals surface area contributed by atoms with Crippen LogP contribution in [0.5, 0.6) is 0 Å². The van der Waals surface area contributed by atoms with Gasteiger partial charge in [-0.25, -0.2) is 9.59 Å². The van der Waals surface area contributed by atoms with E-state index in [1.807, 2.05) is 0 Å². The van der Waals surface area contributed by atoms with E-state index in [1.165, 1.54) is 6.92 Å². The van der Waals surface area contributed by atoms with Crippen molar-refractivity contribution in [2.45, 2.75) is 63.9 Å². The molecule has 0 unspecified atom stereocenters. The van der Waals surface area contributed by atoms with Crippen molar-refractivity contribution in [2.75, 3.05) is 13.2 Å². The second-order valence-electron chi connectivity index (χ2n) is 9.16. The lowest BCUT2D eigenvalue weighted by molar-refractivity contribution is -0.271. The number of carbonyl (C=O) groups excluding carboxylic acids is 3. The van der Waals surface area contributed by atoms with Crippen LogP contribution in [-0.2, 0) is 28.6 Å². The first-order chi connectivity index (χ1) is 14.3. The molecule has 31 heavy (non-hydrogen) atoms. The first-order valence-electron chi connectivity index (χ1n) is 10.3. The molecule has 0 aromatic carbocycles. The molecule has 174 valence electrons. The molecule has 0 N–H and O–H groups in total. The normalized spacial score (nSPS) is 29.4. The maximum atomic E-state index is 14.2. The van der Waals surface area contributed by atoms with Crippen molar-refractivity contribution in [1.82, 2.24) is 0 Å². The van der Waals surface area contributed by atoms with Gasteiger partial charge < -0.3 is 14.2 Å². The third-order valence-electron chi connectivity index (χ3n) is 6.34. The molecular weight excluding hydrogens is 424 g/mol. The number of esters is 3. The molecule has 0 radical (unpaired) electrons. The van der Waals surface area contributed by atoms with Crippen LogP contribution in [0.25, 0.3) is 0 Å². The van der Waals surface area contributed by atoms with Gasteiger partial charge in [0.05, 0.1) is 5.41 Å². The van der Waals surface area contributed by atoms with Gasteiger partial charge in [-0.05, 0) is 63.2 Å². The number of rotatable bonds is 9. The first kappa shape index (κ1) is 23.5. The van der Waals surface area contributed by atoms with Gasteiger partial charge in [-0.3, -0.25) is 4.79 Å². The smallest absolute Gasteiger partial charge is 0.406 e. The number of carbonyl (C=O) groups is 3. The van der Waals surface area contributed by atoms with E-state index < -0.39 is 55.0 Å². The number of hydrogen-bond acceptors (Lipinski definition) is 6. The van der Waals surface area contributed by atoms with Crippen molar-refractivity contribution in [2.24, 2.45) is 23.2 Å². The van der Waals surface area contributed by atoms with Gasteiger partial charge >= 0.3 is 29.9 Å². The topological polar surface area (TPSA) is 78.9 Å². The van der Waals surface area contributed by atoms with Crippen LogP contribution < -0.4 is 0 Å². The monoisotopic (exact) mass is 450 g/mol. The fourth-order valence-corrected chi connectivity index (χ4v) is 5.47. The number of hydrogen-bond donors (Lipinski definition) is 0. The van der Waals surface area contributed by atoms with Crippen molar-refractivity contribution in [3.8, 4) is 0 Å². The van der Waals surface area contributed by atoms with Crippen LogP contribution in [0.4, 0.5) is 17.6 Å². The Balaban J connectivity index is 1.51. The van der Waals surface area contributed by atoms with Crippen molar-refractivity contribution in [3.05, 3.63) is 12.2 Å². The summed E-state index contributed by atoms with van der Waals surface area (Å²) >= 11 is 0. The van der Waals surface area contributed by atoms with Crippen LogP contribution in [-0.4, -0.2) is 43.2 Å². The van der Waals surface area contributed by atoms with Crippen LogP contribution >= 0.6 is 0 Å². The molecule has 0 amide bonds. The van der Waals surface area contributed by atoms with Gasteiger partial charge in [0.25, 0.3) is 0 Å². The third kappa shape index (κ3) is 5.38. The zero-order valence-electron chi connectivity index (χ0n) is 17.3. The van der Waals surface area contributed by atoms with E-state index in [0.29, 0.717) is 19.3 Å². The predicted octanol–water partition coefficient (Wildman–Crippen LogP) is 4.03. The predicted molar refractivity (Wildman–Crippen MR) is 97.9 cm³/mol. The second kappa shape index (κ2) is 8.43. The molecular formula is C21H26F4O6. The Morgan fingerprint density at radius 3 is 1.90 bits per heavy atom. The Morgan fingerprint density at radius 1 is 0.935 bits per heavy atom. The summed E-state index contributed by atoms with van der Waals surface area (Å²) in [6.07, 6.45) is -2.63. The summed E-state index contributed by atoms with van der Waals surface area (Å²) in [6.45, 7) is 3.38. The maximum absolute atomic E-state index is 14.2. The summed E-state index contributed by atoms with van der Waals surface area (Å²) in [5.41, 5.74) is -0.988. The number of halogens is 4. The molecule has 4 rings (SSSR count). The second-order valence-corrected chi connectivity index (χ2v) is 9.16. The summed E-state index contributed by atoms with van der Waals surface area (Å²) in [6, 6.07) is 0. The van der Waals surface area contributed by atoms with Gasteiger partial charge in [0.2, 0.25) is 0 Å². The Bertz CT molecular complexity index is 728. The first-order valence-corrected chi connectivity index (χ1v) is 10.3. The molecule has 10 heteroatoms. The summed E-state index contributed by atoms with van der Waals surface area (Å²) < 4.78 is 69.4. The summed E-state index contributed by atoms with van der Waals surface area (Å²) in [4.78, 5) is 35.2. The van der Waals surface area contributed by atoms with Crippen LogP contribution in [0, 0.1) is 23.2 Å². The van der Waals surface area contributed by atoms with Crippen LogP contribution in [0.15, 0.2) is 12.2 Å². The lowest BCUT2D eigenvalue weighted by Crippen LogP contribution is -2.52. The van der Waals surface area contributed by atoms with Gasteiger partial charge in [0.1, 0.15) is 19.6 Å². The molecule has 0 heterocycles. The van der Waals surface area contributed by atoms with E-state index in [9.17, 15) is 31.9 Å². The van der Waals surface area contributed by atoms with Crippen LogP contribution in [0.1, 0.15) is 51.9 Å². The Morgan fingerprint density at radius 2 is 1.42 bits per heavy atom. The van der Waals surface area contributed by atoms with Crippen LogP contribution in [0.3, 0.4) is 0 Å². The van der Waals surface area contributed by atoms with E-state index >= 15 is 0 Å². The Hall–Kier alpha value is -2.13. The average molecular weight is 450 g/mol. The molecule has 0 aromatic heterocycles. The minimum atomic E-state index is -4.59. The minimum Gasteiger partial charge on any atom is -0.459 e. The van der Waals surface area contributed by atoms with Crippen molar-refractivity contribution in [1.29, 1.82) is 0 Å². The molecule has 4 aliphatic carbocycles. The largest absolute Gasteiger partial charge is 0.459 e. The van der Waals surface area contributed by atoms with Crippen molar-refractivity contribution in [3.63, 3.8) is 0 Å². The highest BCUT2D eigenvalue weighted by molar-refractivity contribution is 5.86. The highest BCUT2D eigenvalue weighted by Crippen LogP contribution is 2.60. The molecule has 6 nitrogen and oxygen atoms in total. The SMILES string of the molecule is C=C(C)C(=O)OCCOC(=O)C(F)(F)CC(F)(F)OC(=O)C12CC3CC(CC(C3)C1)C2. The van der Waals surface area contributed by atoms with E-state index in [0.717, 1.165) is 19.3 Å². The van der Waals surface area contributed by atoms with Crippen molar-refractivity contribution >= 4 is 17.9 Å². The minimum absolute atomic E-state index is 0.0529. The van der Waals surface area contributed by atoms with Crippen molar-refractivity contribution < 1.29 is 46.2 Å². The van der Waals surface area contributed by atoms with Gasteiger partial charge in [-0.2, -0.15) is 17.6 Å². The van der Waals surface area contributed by atoms with Crippen LogP contribution in [0.2, 0.25) is 0 Å². The maximum Gasteiger partial charge on any atom is 0.406 e. The molecule has 4 saturated carbocycles.